The number of amides is 1. The minimum Gasteiger partial charge on any atom is -0.346 e. The van der Waals surface area contributed by atoms with Gasteiger partial charge in [-0.1, -0.05) is 0 Å². The van der Waals surface area contributed by atoms with Crippen LogP contribution in [0.15, 0.2) is 24.5 Å². The van der Waals surface area contributed by atoms with Crippen LogP contribution >= 0.6 is 0 Å². The van der Waals surface area contributed by atoms with E-state index >= 15 is 0 Å². The molecule has 1 N–H and O–H groups in total. The summed E-state index contributed by atoms with van der Waals surface area (Å²) in [5.41, 5.74) is 2.12. The van der Waals surface area contributed by atoms with Gasteiger partial charge in [-0.3, -0.25) is 4.79 Å². The van der Waals surface area contributed by atoms with Crippen molar-refractivity contribution >= 4 is 27.0 Å². The third-order valence-electron chi connectivity index (χ3n) is 6.24. The van der Waals surface area contributed by atoms with Crippen molar-refractivity contribution < 1.29 is 13.2 Å². The van der Waals surface area contributed by atoms with Gasteiger partial charge in [0.05, 0.1) is 0 Å². The van der Waals surface area contributed by atoms with Crippen LogP contribution in [0.1, 0.15) is 37.2 Å². The fourth-order valence-corrected chi connectivity index (χ4v) is 6.22. The highest BCUT2D eigenvalue weighted by molar-refractivity contribution is 7.89. The van der Waals surface area contributed by atoms with Gasteiger partial charge in [-0.15, -0.1) is 0 Å². The van der Waals surface area contributed by atoms with Crippen LogP contribution in [0, 0.1) is 5.92 Å². The van der Waals surface area contributed by atoms with Crippen molar-refractivity contribution in [1.29, 1.82) is 0 Å². The van der Waals surface area contributed by atoms with Gasteiger partial charge in [-0.25, -0.2) is 17.7 Å². The van der Waals surface area contributed by atoms with Gasteiger partial charge in [0.15, 0.2) is 0 Å². The Morgan fingerprint density at radius 1 is 1.15 bits per heavy atom. The summed E-state index contributed by atoms with van der Waals surface area (Å²) in [5, 5.41) is 0.709. The zero-order valence-corrected chi connectivity index (χ0v) is 16.0. The van der Waals surface area contributed by atoms with E-state index in [1.165, 1.54) is 5.56 Å². The van der Waals surface area contributed by atoms with E-state index in [1.54, 1.807) is 15.4 Å². The van der Waals surface area contributed by atoms with E-state index in [-0.39, 0.29) is 11.8 Å². The van der Waals surface area contributed by atoms with E-state index in [0.717, 1.165) is 36.7 Å². The molecule has 5 rings (SSSR count). The lowest BCUT2D eigenvalue weighted by molar-refractivity contribution is -0.135. The van der Waals surface area contributed by atoms with Gasteiger partial charge >= 0.3 is 0 Å². The SMILES string of the molecule is O=C(C1CC1)N1CC(S(=O)(=O)N2CCC(c3c[nH]c4ncccc34)CC2)C1. The van der Waals surface area contributed by atoms with Crippen molar-refractivity contribution in [1.82, 2.24) is 19.2 Å². The number of aromatic amines is 1. The summed E-state index contributed by atoms with van der Waals surface area (Å²) in [5.74, 6) is 0.659. The Morgan fingerprint density at radius 2 is 1.89 bits per heavy atom. The first-order chi connectivity index (χ1) is 13.0. The van der Waals surface area contributed by atoms with E-state index in [9.17, 15) is 13.2 Å². The molecule has 2 aromatic rings. The second kappa shape index (κ2) is 6.31. The van der Waals surface area contributed by atoms with Gasteiger partial charge in [0, 0.05) is 49.9 Å². The number of H-pyrrole nitrogens is 1. The summed E-state index contributed by atoms with van der Waals surface area (Å²) >= 11 is 0. The number of carbonyl (C=O) groups excluding carboxylic acids is 1. The molecule has 0 spiro atoms. The molecule has 0 radical (unpaired) electrons. The summed E-state index contributed by atoms with van der Waals surface area (Å²) in [4.78, 5) is 21.3. The summed E-state index contributed by atoms with van der Waals surface area (Å²) in [7, 11) is -3.31. The molecule has 2 saturated heterocycles. The lowest BCUT2D eigenvalue weighted by Crippen LogP contribution is -2.60. The number of piperidine rings is 1. The molecule has 1 saturated carbocycles. The van der Waals surface area contributed by atoms with Crippen LogP contribution in [0.5, 0.6) is 0 Å². The molecule has 2 aliphatic heterocycles. The predicted molar refractivity (Wildman–Crippen MR) is 102 cm³/mol. The van der Waals surface area contributed by atoms with Crippen molar-refractivity contribution in [3.05, 3.63) is 30.1 Å². The molecule has 0 atom stereocenters. The molecular weight excluding hydrogens is 364 g/mol. The van der Waals surface area contributed by atoms with Crippen LogP contribution in [-0.4, -0.2) is 64.9 Å². The molecular formula is C19H24N4O3S. The first-order valence-corrected chi connectivity index (χ1v) is 11.2. The minimum absolute atomic E-state index is 0.146. The zero-order chi connectivity index (χ0) is 18.6. The Kier molecular flexibility index (Phi) is 4.01. The maximum Gasteiger partial charge on any atom is 0.225 e. The van der Waals surface area contributed by atoms with Gasteiger partial charge in [-0.2, -0.15) is 0 Å². The molecule has 0 aromatic carbocycles. The highest BCUT2D eigenvalue weighted by atomic mass is 32.2. The monoisotopic (exact) mass is 388 g/mol. The number of hydrogen-bond acceptors (Lipinski definition) is 4. The van der Waals surface area contributed by atoms with Crippen molar-refractivity contribution in [3.63, 3.8) is 0 Å². The number of nitrogens with one attached hydrogen (secondary N) is 1. The molecule has 4 heterocycles. The average Bonchev–Trinajstić information content (AvgIpc) is 3.40. The lowest BCUT2D eigenvalue weighted by Gasteiger charge is -2.42. The standard InChI is InChI=1S/C19H24N4O3S/c24-19(14-3-4-14)22-11-15(12-22)27(25,26)23-8-5-13(6-9-23)17-10-21-18-16(17)2-1-7-20-18/h1-2,7,10,13-15H,3-6,8-9,11-12H2,(H,20,21). The van der Waals surface area contributed by atoms with Crippen LogP contribution < -0.4 is 0 Å². The Morgan fingerprint density at radius 3 is 2.59 bits per heavy atom. The van der Waals surface area contributed by atoms with Crippen molar-refractivity contribution in [2.24, 2.45) is 5.92 Å². The fourth-order valence-electron chi connectivity index (χ4n) is 4.34. The number of rotatable bonds is 4. The summed E-state index contributed by atoms with van der Waals surface area (Å²) in [6, 6.07) is 4.00. The van der Waals surface area contributed by atoms with Crippen molar-refractivity contribution in [3.8, 4) is 0 Å². The largest absolute Gasteiger partial charge is 0.346 e. The second-order valence-electron chi connectivity index (χ2n) is 8.00. The number of fused-ring (bicyclic) bond motifs is 1. The van der Waals surface area contributed by atoms with Crippen LogP contribution in [0.4, 0.5) is 0 Å². The molecule has 27 heavy (non-hydrogen) atoms. The van der Waals surface area contributed by atoms with Crippen LogP contribution in [-0.2, 0) is 14.8 Å². The molecule has 2 aromatic heterocycles. The zero-order valence-electron chi connectivity index (χ0n) is 15.2. The topological polar surface area (TPSA) is 86.4 Å². The van der Waals surface area contributed by atoms with Gasteiger partial charge in [0.1, 0.15) is 10.9 Å². The first-order valence-electron chi connectivity index (χ1n) is 9.74. The van der Waals surface area contributed by atoms with Gasteiger partial charge in [0.2, 0.25) is 15.9 Å². The van der Waals surface area contributed by atoms with Gasteiger partial charge in [0.25, 0.3) is 0 Å². The number of sulfonamides is 1. The average molecular weight is 388 g/mol. The minimum atomic E-state index is -3.31. The lowest BCUT2D eigenvalue weighted by atomic mass is 9.90. The molecule has 3 aliphatic rings. The normalized spacial score (nSPS) is 22.9. The molecule has 0 unspecified atom stereocenters. The third-order valence-corrected chi connectivity index (χ3v) is 8.47. The van der Waals surface area contributed by atoms with Gasteiger partial charge in [-0.05, 0) is 49.3 Å². The maximum atomic E-state index is 12.9. The summed E-state index contributed by atoms with van der Waals surface area (Å²) in [6.45, 7) is 1.83. The predicted octanol–water partition coefficient (Wildman–Crippen LogP) is 1.69. The highest BCUT2D eigenvalue weighted by Crippen LogP contribution is 2.36. The van der Waals surface area contributed by atoms with Crippen LogP contribution in [0.25, 0.3) is 11.0 Å². The molecule has 7 nitrogen and oxygen atoms in total. The summed E-state index contributed by atoms with van der Waals surface area (Å²) in [6.07, 6.45) is 7.34. The number of aromatic nitrogens is 2. The van der Waals surface area contributed by atoms with Crippen molar-refractivity contribution in [2.45, 2.75) is 36.9 Å². The molecule has 1 amide bonds. The van der Waals surface area contributed by atoms with Crippen LogP contribution in [0.2, 0.25) is 0 Å². The summed E-state index contributed by atoms with van der Waals surface area (Å²) < 4.78 is 27.4. The van der Waals surface area contributed by atoms with Crippen LogP contribution in [0.3, 0.4) is 0 Å². The number of carbonyl (C=O) groups is 1. The Hall–Kier alpha value is -1.93. The van der Waals surface area contributed by atoms with E-state index in [1.807, 2.05) is 12.3 Å². The Bertz CT molecular complexity index is 968. The Balaban J connectivity index is 1.22. The smallest absolute Gasteiger partial charge is 0.225 e. The number of likely N-dealkylation sites (tertiary alicyclic amines) is 1. The molecule has 8 heteroatoms. The fraction of sp³-hybridized carbons (Fsp3) is 0.579. The van der Waals surface area contributed by atoms with Crippen molar-refractivity contribution in [2.75, 3.05) is 26.2 Å². The number of nitrogens with zero attached hydrogens (tertiary/aromatic N) is 3. The maximum absolute atomic E-state index is 12.9. The van der Waals surface area contributed by atoms with E-state index in [4.69, 9.17) is 0 Å². The highest BCUT2D eigenvalue weighted by Gasteiger charge is 2.46. The van der Waals surface area contributed by atoms with E-state index in [0.29, 0.717) is 32.1 Å². The first kappa shape index (κ1) is 17.2. The quantitative estimate of drug-likeness (QED) is 0.864. The number of hydrogen-bond donors (Lipinski definition) is 1. The van der Waals surface area contributed by atoms with E-state index < -0.39 is 15.3 Å². The Labute approximate surface area is 158 Å². The van der Waals surface area contributed by atoms with E-state index in [2.05, 4.69) is 16.0 Å². The molecule has 0 bridgehead atoms. The van der Waals surface area contributed by atoms with Gasteiger partial charge < -0.3 is 9.88 Å². The molecule has 1 aliphatic carbocycles. The second-order valence-corrected chi connectivity index (χ2v) is 10.2. The molecule has 3 fully saturated rings. The molecule has 144 valence electrons. The third kappa shape index (κ3) is 2.95. The number of pyridine rings is 1.